The molecule has 3 heterocycles. The quantitative estimate of drug-likeness (QED) is 0.0500. The topological polar surface area (TPSA) is 445 Å². The normalized spacial score (nSPS) is 34.7. The fraction of sp³-hybridized carbons (Fsp3) is 0.833. The van der Waals surface area contributed by atoms with Gasteiger partial charge in [0.15, 0.2) is 22.8 Å². The third-order valence-electron chi connectivity index (χ3n) is 18.1. The number of nitrogen functional groups attached to an aromatic ring is 1. The van der Waals surface area contributed by atoms with Gasteiger partial charge in [-0.25, -0.2) is 28.6 Å². The van der Waals surface area contributed by atoms with Crippen LogP contribution in [0.2, 0.25) is 0 Å². The number of phosphoric ester groups is 3. The van der Waals surface area contributed by atoms with E-state index in [-0.39, 0.29) is 99.8 Å². The van der Waals surface area contributed by atoms with Crippen molar-refractivity contribution < 1.29 is 101 Å². The highest BCUT2D eigenvalue weighted by molar-refractivity contribution is 8.13. The van der Waals surface area contributed by atoms with Crippen molar-refractivity contribution in [1.29, 1.82) is 0 Å². The number of hydrogen-bond donors (Lipinski definition) is 13. The van der Waals surface area contributed by atoms with Crippen LogP contribution >= 0.6 is 35.2 Å². The van der Waals surface area contributed by atoms with Crippen LogP contribution in [0.5, 0.6) is 0 Å². The molecule has 2 amide bonds. The van der Waals surface area contributed by atoms with Crippen molar-refractivity contribution in [2.24, 2.45) is 57.7 Å². The molecule has 0 bridgehead atoms. The molecule has 0 spiro atoms. The molecule has 1 saturated heterocycles. The monoisotopic (exact) mass is 1220 g/mol. The number of imidazole rings is 1. The lowest BCUT2D eigenvalue weighted by Gasteiger charge is -2.63. The van der Waals surface area contributed by atoms with Crippen LogP contribution < -0.4 is 16.4 Å². The molecule has 14 N–H and O–H groups in total. The molecule has 454 valence electrons. The second kappa shape index (κ2) is 25.5. The maximum Gasteiger partial charge on any atom is 0.481 e. The minimum Gasteiger partial charge on any atom is -0.393 e. The summed E-state index contributed by atoms with van der Waals surface area (Å²) in [5.74, 6) is -1.01. The van der Waals surface area contributed by atoms with E-state index >= 15 is 0 Å². The predicted octanol–water partition coefficient (Wildman–Crippen LogP) is 2.04. The van der Waals surface area contributed by atoms with Crippen molar-refractivity contribution in [2.75, 3.05) is 37.8 Å². The molecule has 0 radical (unpaired) electrons. The SMILES string of the molecule is C[C@H](CC[C@@H](O)[C@@H](C)C(=O)SCCNC(=O)CCNC(=O)C(O)C(C)(C)COP(=O)(O)OP(=O)(O)OC[C@H]1O[C@@H](n2cnc3c(N)ncnc32)[C@H](O)[C@@H]1OP(=O)(O)O)[C@H]1CC[C@H]2[C@@H]3[C@H](O)C[C@@H]4C[C@H](O)CC[C@]4(C)[C@H]3C[C@H](O)[C@]12C. The maximum atomic E-state index is 13.1. The van der Waals surface area contributed by atoms with Gasteiger partial charge in [0.2, 0.25) is 11.8 Å². The number of nitrogens with two attached hydrogens (primary N) is 1. The van der Waals surface area contributed by atoms with Crippen molar-refractivity contribution in [2.45, 2.75) is 161 Å². The van der Waals surface area contributed by atoms with Crippen LogP contribution in [-0.4, -0.2) is 168 Å². The molecule has 20 atom stereocenters. The number of thioether (sulfide) groups is 1. The maximum absolute atomic E-state index is 13.1. The number of phosphoric acid groups is 3. The van der Waals surface area contributed by atoms with E-state index in [2.05, 4.69) is 55.2 Å². The van der Waals surface area contributed by atoms with Crippen LogP contribution in [0, 0.1) is 57.7 Å². The van der Waals surface area contributed by atoms with E-state index in [1.165, 1.54) is 13.8 Å². The van der Waals surface area contributed by atoms with Gasteiger partial charge in [0, 0.05) is 30.7 Å². The van der Waals surface area contributed by atoms with Crippen LogP contribution in [-0.2, 0) is 50.7 Å². The third kappa shape index (κ3) is 14.5. The fourth-order valence-electron chi connectivity index (χ4n) is 13.6. The molecule has 1 aliphatic heterocycles. The Balaban J connectivity index is 0.780. The van der Waals surface area contributed by atoms with Crippen LogP contribution in [0.15, 0.2) is 12.7 Å². The molecule has 28 nitrogen and oxygen atoms in total. The number of aliphatic hydroxyl groups is 6. The number of ether oxygens (including phenoxy) is 1. The average molecular weight is 1220 g/mol. The summed E-state index contributed by atoms with van der Waals surface area (Å²) in [6.45, 7) is 8.57. The Kier molecular flexibility index (Phi) is 20.7. The van der Waals surface area contributed by atoms with Gasteiger partial charge < -0.3 is 71.3 Å². The predicted molar refractivity (Wildman–Crippen MR) is 285 cm³/mol. The summed E-state index contributed by atoms with van der Waals surface area (Å²) in [7, 11) is -16.5. The highest BCUT2D eigenvalue weighted by Crippen LogP contribution is 2.69. The van der Waals surface area contributed by atoms with Gasteiger partial charge in [0.25, 0.3) is 0 Å². The second-order valence-electron chi connectivity index (χ2n) is 23.7. The first-order valence-electron chi connectivity index (χ1n) is 27.0. The van der Waals surface area contributed by atoms with Gasteiger partial charge in [0.1, 0.15) is 36.3 Å². The number of amides is 2. The molecule has 80 heavy (non-hydrogen) atoms. The van der Waals surface area contributed by atoms with Crippen LogP contribution in [0.25, 0.3) is 11.2 Å². The van der Waals surface area contributed by atoms with Gasteiger partial charge in [0.05, 0.1) is 49.9 Å². The summed E-state index contributed by atoms with van der Waals surface area (Å²) >= 11 is 0.968. The molecule has 7 rings (SSSR count). The number of rotatable bonds is 25. The number of hydrogen-bond acceptors (Lipinski definition) is 22. The van der Waals surface area contributed by atoms with Gasteiger partial charge in [-0.3, -0.25) is 32.5 Å². The van der Waals surface area contributed by atoms with E-state index < -0.39 is 109 Å². The number of carbonyl (C=O) groups excluding carboxylic acids is 3. The van der Waals surface area contributed by atoms with Crippen molar-refractivity contribution in [3.8, 4) is 0 Å². The number of fused-ring (bicyclic) bond motifs is 6. The largest absolute Gasteiger partial charge is 0.481 e. The Morgan fingerprint density at radius 3 is 2.33 bits per heavy atom. The summed E-state index contributed by atoms with van der Waals surface area (Å²) in [5, 5.41) is 71.6. The number of aliphatic hydroxyl groups excluding tert-OH is 6. The summed E-state index contributed by atoms with van der Waals surface area (Å²) in [5.41, 5.74) is 3.82. The van der Waals surface area contributed by atoms with E-state index in [9.17, 15) is 78.3 Å². The molecule has 32 heteroatoms. The zero-order valence-corrected chi connectivity index (χ0v) is 49.1. The van der Waals surface area contributed by atoms with Gasteiger partial charge >= 0.3 is 23.5 Å². The highest BCUT2D eigenvalue weighted by Gasteiger charge is 2.66. The smallest absolute Gasteiger partial charge is 0.393 e. The molecule has 2 aromatic rings. The van der Waals surface area contributed by atoms with Gasteiger partial charge in [-0.1, -0.05) is 53.3 Å². The Bertz CT molecular complexity index is 2670. The van der Waals surface area contributed by atoms with Crippen molar-refractivity contribution in [3.63, 3.8) is 0 Å². The summed E-state index contributed by atoms with van der Waals surface area (Å²) < 4.78 is 62.8. The van der Waals surface area contributed by atoms with Crippen LogP contribution in [0.4, 0.5) is 5.82 Å². The lowest BCUT2D eigenvalue weighted by molar-refractivity contribution is -0.207. The molecule has 5 fully saturated rings. The number of anilines is 1. The summed E-state index contributed by atoms with van der Waals surface area (Å²) in [6.07, 6.45) is -2.81. The Hall–Kier alpha value is -2.60. The highest BCUT2D eigenvalue weighted by atomic mass is 32.2. The molecule has 2 aromatic heterocycles. The van der Waals surface area contributed by atoms with Crippen LogP contribution in [0.3, 0.4) is 0 Å². The molecule has 3 unspecified atom stereocenters. The second-order valence-corrected chi connectivity index (χ2v) is 29.0. The lowest BCUT2D eigenvalue weighted by atomic mass is 9.43. The third-order valence-corrected chi connectivity index (χ3v) is 22.3. The first kappa shape index (κ1) is 65.0. The Morgan fingerprint density at radius 2 is 1.62 bits per heavy atom. The lowest BCUT2D eigenvalue weighted by Crippen LogP contribution is -2.62. The van der Waals surface area contributed by atoms with E-state index in [4.69, 9.17) is 19.5 Å². The van der Waals surface area contributed by atoms with E-state index in [1.54, 1.807) is 6.92 Å². The van der Waals surface area contributed by atoms with Gasteiger partial charge in [-0.2, -0.15) is 4.31 Å². The minimum absolute atomic E-state index is 0.0198. The number of nitrogens with zero attached hydrogens (tertiary/aromatic N) is 4. The van der Waals surface area contributed by atoms with Crippen molar-refractivity contribution in [3.05, 3.63) is 12.7 Å². The van der Waals surface area contributed by atoms with E-state index in [0.717, 1.165) is 54.7 Å². The molecule has 0 aromatic carbocycles. The number of aromatic nitrogens is 4. The van der Waals surface area contributed by atoms with Gasteiger partial charge in [-0.05, 0) is 104 Å². The van der Waals surface area contributed by atoms with Crippen molar-refractivity contribution in [1.82, 2.24) is 30.2 Å². The Labute approximate surface area is 467 Å². The zero-order chi connectivity index (χ0) is 59.1. The van der Waals surface area contributed by atoms with Crippen molar-refractivity contribution >= 4 is 69.1 Å². The molecular formula is C48H80N7O21P3S. The fourth-order valence-corrected chi connectivity index (χ4v) is 17.2. The molecule has 4 aliphatic carbocycles. The van der Waals surface area contributed by atoms with E-state index in [0.29, 0.717) is 32.1 Å². The van der Waals surface area contributed by atoms with E-state index in [1.807, 2.05) is 0 Å². The Morgan fingerprint density at radius 1 is 0.925 bits per heavy atom. The van der Waals surface area contributed by atoms with Crippen LogP contribution in [0.1, 0.15) is 112 Å². The first-order chi connectivity index (χ1) is 37.2. The summed E-state index contributed by atoms with van der Waals surface area (Å²) in [6, 6.07) is 0. The first-order valence-corrected chi connectivity index (χ1v) is 32.5. The van der Waals surface area contributed by atoms with Gasteiger partial charge in [-0.15, -0.1) is 0 Å². The number of carbonyl (C=O) groups is 3. The average Bonchev–Trinajstić information content (AvgIpc) is 3.66. The number of nitrogens with one attached hydrogen (secondary N) is 2. The molecule has 4 saturated carbocycles. The molecule has 5 aliphatic rings. The minimum atomic E-state index is -5.62. The molecular weight excluding hydrogens is 1140 g/mol. The standard InChI is InChI=1S/C48H80N7O21P3S/c1-24(28-8-9-29-36-30(19-34(59)48(28,29)6)47(5)13-11-27(56)17-26(47)18-32(36)58)7-10-31(57)25(2)45(64)80-16-15-50-35(60)12-14-51-43(63)40(62)46(3,4)21-73-79(70,71)76-78(68,69)72-20-33-39(75-77(65,66)67)38(61)44(74-33)55-23-54-37-41(49)52-22-53-42(37)55/h22-34,36,38-40,44,56-59,61-62H,7-21H2,1-6H3,(H,50,60)(H,51,63)(H,68,69)(H,70,71)(H2,49,52,53)(H2,65,66,67)/t24-,25-,26+,27-,28-,29+,30+,31-,32-,33-,34+,36+,38-,39-,40?,44-,47+,48-/m1/s1. The summed E-state index contributed by atoms with van der Waals surface area (Å²) in [4.78, 5) is 89.9. The zero-order valence-electron chi connectivity index (χ0n) is 45.6.